The van der Waals surface area contributed by atoms with Crippen LogP contribution in [-0.2, 0) is 6.54 Å². The molecule has 5 heterocycles. The molecule has 1 aliphatic heterocycles. The Kier molecular flexibility index (Phi) is 5.82. The first kappa shape index (κ1) is 22.6. The van der Waals surface area contributed by atoms with Crippen LogP contribution in [0.3, 0.4) is 0 Å². The van der Waals surface area contributed by atoms with Gasteiger partial charge in [-0.2, -0.15) is 5.10 Å². The smallest absolute Gasteiger partial charge is 0.180 e. The van der Waals surface area contributed by atoms with Crippen molar-refractivity contribution in [2.45, 2.75) is 13.5 Å². The molecule has 0 spiro atoms. The van der Waals surface area contributed by atoms with Crippen LogP contribution in [0.2, 0.25) is 0 Å². The lowest BCUT2D eigenvalue weighted by molar-refractivity contribution is 0.313. The fraction of sp³-hybridized carbons (Fsp3) is 0.308. The zero-order chi connectivity index (χ0) is 24.6. The summed E-state index contributed by atoms with van der Waals surface area (Å²) in [7, 11) is 2.14. The summed E-state index contributed by atoms with van der Waals surface area (Å²) in [6.07, 6.45) is 5.36. The van der Waals surface area contributed by atoms with Gasteiger partial charge in [0, 0.05) is 62.3 Å². The number of aromatic amines is 2. The van der Waals surface area contributed by atoms with Gasteiger partial charge in [0.2, 0.25) is 0 Å². The largest absolute Gasteiger partial charge is 0.367 e. The van der Waals surface area contributed by atoms with Gasteiger partial charge in [0.05, 0.1) is 5.69 Å². The summed E-state index contributed by atoms with van der Waals surface area (Å²) in [6, 6.07) is 7.50. The molecule has 10 heteroatoms. The minimum absolute atomic E-state index is 0.276. The first-order valence-electron chi connectivity index (χ1n) is 12.2. The Morgan fingerprint density at radius 3 is 2.78 bits per heavy atom. The molecular formula is C26H28FN9. The van der Waals surface area contributed by atoms with Crippen LogP contribution in [0.5, 0.6) is 0 Å². The second-order valence-electron chi connectivity index (χ2n) is 9.22. The fourth-order valence-corrected chi connectivity index (χ4v) is 4.76. The Morgan fingerprint density at radius 2 is 1.94 bits per heavy atom. The number of hydrogen-bond acceptors (Lipinski definition) is 7. The van der Waals surface area contributed by atoms with Crippen molar-refractivity contribution in [1.82, 2.24) is 40.3 Å². The maximum atomic E-state index is 15.1. The summed E-state index contributed by atoms with van der Waals surface area (Å²) in [6.45, 7) is 7.51. The third-order valence-electron chi connectivity index (χ3n) is 6.77. The number of rotatable bonds is 6. The van der Waals surface area contributed by atoms with E-state index in [4.69, 9.17) is 4.98 Å². The van der Waals surface area contributed by atoms with Gasteiger partial charge in [0.15, 0.2) is 17.3 Å². The summed E-state index contributed by atoms with van der Waals surface area (Å²) >= 11 is 0. The van der Waals surface area contributed by atoms with E-state index >= 15 is 4.39 Å². The Morgan fingerprint density at radius 1 is 1.08 bits per heavy atom. The van der Waals surface area contributed by atoms with Gasteiger partial charge >= 0.3 is 0 Å². The third-order valence-corrected chi connectivity index (χ3v) is 6.77. The Labute approximate surface area is 207 Å². The zero-order valence-electron chi connectivity index (χ0n) is 20.3. The average Bonchev–Trinajstić information content (AvgIpc) is 3.52. The van der Waals surface area contributed by atoms with Gasteiger partial charge in [-0.25, -0.2) is 14.4 Å². The minimum atomic E-state index is -0.394. The standard InChI is InChI=1S/C26H28FN9/c1-3-28-13-16-10-18(15-29-14-16)17-11-19-22(20(27)12-17)33-34-23(19)26-31-24-21(4-5-30-25(24)32-26)36-8-6-35(2)7-9-36/h4-5,10-12,14-15,28H,3,6-9,13H2,1-2H3,(H,33,34)(H,30,31,32). The van der Waals surface area contributed by atoms with Crippen molar-refractivity contribution in [3.63, 3.8) is 0 Å². The monoisotopic (exact) mass is 485 g/mol. The van der Waals surface area contributed by atoms with E-state index in [1.54, 1.807) is 12.4 Å². The number of imidazole rings is 1. The lowest BCUT2D eigenvalue weighted by Crippen LogP contribution is -2.44. The number of nitrogens with zero attached hydrogens (tertiary/aromatic N) is 6. The van der Waals surface area contributed by atoms with E-state index in [0.717, 1.165) is 60.6 Å². The van der Waals surface area contributed by atoms with Gasteiger partial charge in [-0.15, -0.1) is 0 Å². The van der Waals surface area contributed by atoms with E-state index in [1.807, 2.05) is 24.4 Å². The number of benzene rings is 1. The van der Waals surface area contributed by atoms with Crippen molar-refractivity contribution in [2.24, 2.45) is 0 Å². The highest BCUT2D eigenvalue weighted by molar-refractivity contribution is 5.97. The van der Waals surface area contributed by atoms with Crippen molar-refractivity contribution in [3.8, 4) is 22.6 Å². The number of halogens is 1. The molecule has 0 aliphatic carbocycles. The predicted octanol–water partition coefficient (Wildman–Crippen LogP) is 3.56. The number of aromatic nitrogens is 6. The van der Waals surface area contributed by atoms with Crippen LogP contribution in [0.4, 0.5) is 10.1 Å². The summed E-state index contributed by atoms with van der Waals surface area (Å²) in [5.74, 6) is 0.187. The lowest BCUT2D eigenvalue weighted by atomic mass is 10.0. The molecule has 36 heavy (non-hydrogen) atoms. The van der Waals surface area contributed by atoms with Gasteiger partial charge in [-0.1, -0.05) is 6.92 Å². The number of H-pyrrole nitrogens is 2. The van der Waals surface area contributed by atoms with Crippen molar-refractivity contribution in [2.75, 3.05) is 44.7 Å². The zero-order valence-corrected chi connectivity index (χ0v) is 20.3. The third kappa shape index (κ3) is 4.08. The predicted molar refractivity (Wildman–Crippen MR) is 139 cm³/mol. The molecule has 0 unspecified atom stereocenters. The van der Waals surface area contributed by atoms with E-state index in [0.29, 0.717) is 29.1 Å². The maximum absolute atomic E-state index is 15.1. The normalized spacial score (nSPS) is 14.8. The number of piperazine rings is 1. The quantitative estimate of drug-likeness (QED) is 0.338. The SMILES string of the molecule is CCNCc1cncc(-c2cc(F)c3n[nH]c(-c4nc5nccc(N6CCN(C)CC6)c5[nH]4)c3c2)c1. The molecule has 5 aromatic rings. The average molecular weight is 486 g/mol. The van der Waals surface area contributed by atoms with Gasteiger partial charge in [0.1, 0.15) is 16.7 Å². The molecule has 3 N–H and O–H groups in total. The van der Waals surface area contributed by atoms with E-state index in [1.165, 1.54) is 6.07 Å². The molecule has 184 valence electrons. The molecule has 0 saturated carbocycles. The van der Waals surface area contributed by atoms with Crippen molar-refractivity contribution >= 4 is 27.8 Å². The molecule has 6 rings (SSSR count). The van der Waals surface area contributed by atoms with Crippen molar-refractivity contribution in [1.29, 1.82) is 0 Å². The highest BCUT2D eigenvalue weighted by Crippen LogP contribution is 2.33. The van der Waals surface area contributed by atoms with Crippen LogP contribution in [0, 0.1) is 5.82 Å². The Hall–Kier alpha value is -3.89. The second kappa shape index (κ2) is 9.29. The molecule has 0 amide bonds. The summed E-state index contributed by atoms with van der Waals surface area (Å²) in [5, 5.41) is 11.2. The first-order chi connectivity index (χ1) is 17.6. The molecule has 1 fully saturated rings. The number of anilines is 1. The van der Waals surface area contributed by atoms with E-state index in [9.17, 15) is 0 Å². The molecule has 1 saturated heterocycles. The highest BCUT2D eigenvalue weighted by Gasteiger charge is 2.21. The van der Waals surface area contributed by atoms with Crippen LogP contribution in [0.1, 0.15) is 12.5 Å². The van der Waals surface area contributed by atoms with Crippen LogP contribution < -0.4 is 10.2 Å². The molecule has 9 nitrogen and oxygen atoms in total. The molecule has 0 radical (unpaired) electrons. The molecule has 0 bridgehead atoms. The van der Waals surface area contributed by atoms with Crippen molar-refractivity contribution < 1.29 is 4.39 Å². The summed E-state index contributed by atoms with van der Waals surface area (Å²) < 4.78 is 15.1. The Bertz CT molecular complexity index is 1530. The van der Waals surface area contributed by atoms with E-state index < -0.39 is 5.82 Å². The van der Waals surface area contributed by atoms with Gasteiger partial charge in [0.25, 0.3) is 0 Å². The number of fused-ring (bicyclic) bond motifs is 2. The maximum Gasteiger partial charge on any atom is 0.180 e. The van der Waals surface area contributed by atoms with Gasteiger partial charge < -0.3 is 20.1 Å². The molecular weight excluding hydrogens is 457 g/mol. The van der Waals surface area contributed by atoms with Gasteiger partial charge in [-0.3, -0.25) is 10.1 Å². The van der Waals surface area contributed by atoms with Gasteiger partial charge in [-0.05, 0) is 49.0 Å². The fourth-order valence-electron chi connectivity index (χ4n) is 4.76. The van der Waals surface area contributed by atoms with E-state index in [2.05, 4.69) is 54.2 Å². The summed E-state index contributed by atoms with van der Waals surface area (Å²) in [5.41, 5.74) is 6.11. The molecule has 1 aromatic carbocycles. The molecule has 1 aliphatic rings. The van der Waals surface area contributed by atoms with Crippen LogP contribution >= 0.6 is 0 Å². The number of likely N-dealkylation sites (N-methyl/N-ethyl adjacent to an activating group) is 1. The summed E-state index contributed by atoms with van der Waals surface area (Å²) in [4.78, 5) is 21.7. The minimum Gasteiger partial charge on any atom is -0.367 e. The lowest BCUT2D eigenvalue weighted by Gasteiger charge is -2.34. The first-order valence-corrected chi connectivity index (χ1v) is 12.2. The number of nitrogens with one attached hydrogen (secondary N) is 3. The van der Waals surface area contributed by atoms with Crippen molar-refractivity contribution in [3.05, 3.63) is 54.2 Å². The number of hydrogen-bond donors (Lipinski definition) is 3. The molecule has 0 atom stereocenters. The van der Waals surface area contributed by atoms with Crippen LogP contribution in [-0.4, -0.2) is 74.8 Å². The topological polar surface area (TPSA) is 102 Å². The second-order valence-corrected chi connectivity index (χ2v) is 9.22. The van der Waals surface area contributed by atoms with Crippen LogP contribution in [0.15, 0.2) is 42.9 Å². The number of pyridine rings is 2. The van der Waals surface area contributed by atoms with Crippen LogP contribution in [0.25, 0.3) is 44.7 Å². The van der Waals surface area contributed by atoms with E-state index in [-0.39, 0.29) is 5.52 Å². The molecule has 4 aromatic heterocycles. The Balaban J connectivity index is 1.41. The highest BCUT2D eigenvalue weighted by atomic mass is 19.1.